The Morgan fingerprint density at radius 2 is 2.26 bits per heavy atom. The predicted octanol–water partition coefficient (Wildman–Crippen LogP) is 1.28. The van der Waals surface area contributed by atoms with Gasteiger partial charge in [-0.05, 0) is 17.7 Å². The SMILES string of the molecule is Cn1cc(CN(CC(=O)O)Cc2cc(Cl)c3c(c2)OCO3)nn1. The Morgan fingerprint density at radius 3 is 2.96 bits per heavy atom. The maximum absolute atomic E-state index is 11.1. The fourth-order valence-corrected chi connectivity index (χ4v) is 2.71. The molecule has 0 radical (unpaired) electrons. The van der Waals surface area contributed by atoms with E-state index in [1.54, 1.807) is 35.0 Å². The highest BCUT2D eigenvalue weighted by Gasteiger charge is 2.20. The van der Waals surface area contributed by atoms with Crippen molar-refractivity contribution in [3.8, 4) is 11.5 Å². The van der Waals surface area contributed by atoms with Gasteiger partial charge in [0.05, 0.1) is 17.3 Å². The minimum absolute atomic E-state index is 0.122. The standard InChI is InChI=1S/C14H15ClN4O4/c1-18-5-10(16-17-18)6-19(7-13(20)21)4-9-2-11(15)14-12(3-9)22-8-23-14/h2-3,5H,4,6-8H2,1H3,(H,20,21). The molecule has 0 spiro atoms. The molecular formula is C14H15ClN4O4. The van der Waals surface area contributed by atoms with Crippen LogP contribution in [0, 0.1) is 0 Å². The summed E-state index contributed by atoms with van der Waals surface area (Å²) in [6.45, 7) is 0.769. The van der Waals surface area contributed by atoms with Crippen molar-refractivity contribution in [2.75, 3.05) is 13.3 Å². The van der Waals surface area contributed by atoms with Gasteiger partial charge in [-0.1, -0.05) is 16.8 Å². The molecule has 1 aromatic heterocycles. The number of hydrogen-bond donors (Lipinski definition) is 1. The molecule has 0 unspecified atom stereocenters. The fourth-order valence-electron chi connectivity index (χ4n) is 2.43. The van der Waals surface area contributed by atoms with Gasteiger partial charge in [0.1, 0.15) is 0 Å². The van der Waals surface area contributed by atoms with Crippen LogP contribution in [-0.4, -0.2) is 44.3 Å². The van der Waals surface area contributed by atoms with Gasteiger partial charge in [-0.3, -0.25) is 14.4 Å². The largest absolute Gasteiger partial charge is 0.480 e. The van der Waals surface area contributed by atoms with Crippen LogP contribution in [0.1, 0.15) is 11.3 Å². The molecule has 0 fully saturated rings. The minimum Gasteiger partial charge on any atom is -0.480 e. The van der Waals surface area contributed by atoms with Gasteiger partial charge in [-0.2, -0.15) is 0 Å². The third kappa shape index (κ3) is 3.72. The lowest BCUT2D eigenvalue weighted by Gasteiger charge is -2.19. The zero-order valence-corrected chi connectivity index (χ0v) is 13.2. The summed E-state index contributed by atoms with van der Waals surface area (Å²) in [6, 6.07) is 3.56. The molecule has 0 saturated heterocycles. The second-order valence-corrected chi connectivity index (χ2v) is 5.64. The van der Waals surface area contributed by atoms with Crippen LogP contribution in [0.2, 0.25) is 5.02 Å². The molecule has 1 aromatic carbocycles. The molecule has 1 N–H and O–H groups in total. The number of rotatable bonds is 6. The van der Waals surface area contributed by atoms with Crippen molar-refractivity contribution in [1.82, 2.24) is 19.9 Å². The van der Waals surface area contributed by atoms with Gasteiger partial charge in [0.15, 0.2) is 11.5 Å². The van der Waals surface area contributed by atoms with E-state index in [-0.39, 0.29) is 13.3 Å². The molecule has 1 aliphatic rings. The van der Waals surface area contributed by atoms with Gasteiger partial charge in [0, 0.05) is 26.3 Å². The van der Waals surface area contributed by atoms with E-state index in [1.165, 1.54) is 0 Å². The van der Waals surface area contributed by atoms with E-state index < -0.39 is 5.97 Å². The maximum atomic E-state index is 11.1. The smallest absolute Gasteiger partial charge is 0.317 e. The number of carboxylic acid groups (broad SMARTS) is 1. The Kier molecular flexibility index (Phi) is 4.35. The van der Waals surface area contributed by atoms with Gasteiger partial charge in [0.25, 0.3) is 0 Å². The highest BCUT2D eigenvalue weighted by molar-refractivity contribution is 6.32. The minimum atomic E-state index is -0.916. The Labute approximate surface area is 137 Å². The van der Waals surface area contributed by atoms with Gasteiger partial charge in [-0.15, -0.1) is 5.10 Å². The van der Waals surface area contributed by atoms with E-state index >= 15 is 0 Å². The highest BCUT2D eigenvalue weighted by Crippen LogP contribution is 2.40. The topological polar surface area (TPSA) is 89.7 Å². The molecule has 0 bridgehead atoms. The average molecular weight is 339 g/mol. The molecule has 0 atom stereocenters. The fraction of sp³-hybridized carbons (Fsp3) is 0.357. The summed E-state index contributed by atoms with van der Waals surface area (Å²) in [6.07, 6.45) is 1.75. The van der Waals surface area contributed by atoms with E-state index in [1.807, 2.05) is 0 Å². The highest BCUT2D eigenvalue weighted by atomic mass is 35.5. The van der Waals surface area contributed by atoms with Crippen LogP contribution >= 0.6 is 11.6 Å². The van der Waals surface area contributed by atoms with Crippen LogP contribution in [0.5, 0.6) is 11.5 Å². The van der Waals surface area contributed by atoms with Crippen LogP contribution in [0.15, 0.2) is 18.3 Å². The van der Waals surface area contributed by atoms with Gasteiger partial charge in [-0.25, -0.2) is 0 Å². The van der Waals surface area contributed by atoms with Crippen molar-refractivity contribution in [3.05, 3.63) is 34.6 Å². The molecule has 1 aliphatic heterocycles. The number of benzene rings is 1. The molecule has 8 nitrogen and oxygen atoms in total. The average Bonchev–Trinajstić information content (AvgIpc) is 3.07. The molecule has 3 rings (SSSR count). The zero-order valence-electron chi connectivity index (χ0n) is 12.4. The Bertz CT molecular complexity index is 734. The third-order valence-corrected chi connectivity index (χ3v) is 3.57. The van der Waals surface area contributed by atoms with Gasteiger partial charge in [0.2, 0.25) is 6.79 Å². The van der Waals surface area contributed by atoms with Crippen molar-refractivity contribution >= 4 is 17.6 Å². The number of fused-ring (bicyclic) bond motifs is 1. The predicted molar refractivity (Wildman–Crippen MR) is 80.3 cm³/mol. The lowest BCUT2D eigenvalue weighted by Crippen LogP contribution is -2.29. The van der Waals surface area contributed by atoms with E-state index in [2.05, 4.69) is 10.3 Å². The van der Waals surface area contributed by atoms with E-state index in [0.29, 0.717) is 35.3 Å². The van der Waals surface area contributed by atoms with Crippen molar-refractivity contribution < 1.29 is 19.4 Å². The monoisotopic (exact) mass is 338 g/mol. The number of carbonyl (C=O) groups is 1. The van der Waals surface area contributed by atoms with E-state index in [9.17, 15) is 4.79 Å². The molecule has 0 saturated carbocycles. The van der Waals surface area contributed by atoms with Gasteiger partial charge < -0.3 is 14.6 Å². The van der Waals surface area contributed by atoms with Crippen LogP contribution in [0.25, 0.3) is 0 Å². The lowest BCUT2D eigenvalue weighted by molar-refractivity contribution is -0.138. The summed E-state index contributed by atoms with van der Waals surface area (Å²) in [5.74, 6) is 0.178. The van der Waals surface area contributed by atoms with E-state index in [0.717, 1.165) is 5.56 Å². The first-order valence-corrected chi connectivity index (χ1v) is 7.26. The molecule has 0 aliphatic carbocycles. The van der Waals surface area contributed by atoms with Crippen LogP contribution in [0.3, 0.4) is 0 Å². The number of aromatic nitrogens is 3. The number of carboxylic acids is 1. The normalized spacial score (nSPS) is 12.8. The Morgan fingerprint density at radius 1 is 1.43 bits per heavy atom. The number of nitrogens with zero attached hydrogens (tertiary/aromatic N) is 4. The van der Waals surface area contributed by atoms with Crippen LogP contribution in [0.4, 0.5) is 0 Å². The van der Waals surface area contributed by atoms with E-state index in [4.69, 9.17) is 26.2 Å². The molecule has 0 amide bonds. The molecule has 23 heavy (non-hydrogen) atoms. The number of ether oxygens (including phenoxy) is 2. The summed E-state index contributed by atoms with van der Waals surface area (Å²) in [4.78, 5) is 12.8. The zero-order chi connectivity index (χ0) is 16.4. The van der Waals surface area contributed by atoms with Gasteiger partial charge >= 0.3 is 5.97 Å². The second kappa shape index (κ2) is 6.43. The molecule has 122 valence electrons. The quantitative estimate of drug-likeness (QED) is 0.848. The number of hydrogen-bond acceptors (Lipinski definition) is 6. The number of aliphatic carboxylic acids is 1. The summed E-state index contributed by atoms with van der Waals surface area (Å²) < 4.78 is 12.2. The number of aryl methyl sites for hydroxylation is 1. The summed E-state index contributed by atoms with van der Waals surface area (Å²) in [7, 11) is 1.76. The van der Waals surface area contributed by atoms with Crippen molar-refractivity contribution in [2.45, 2.75) is 13.1 Å². The van der Waals surface area contributed by atoms with Crippen molar-refractivity contribution in [2.24, 2.45) is 7.05 Å². The van der Waals surface area contributed by atoms with Crippen LogP contribution in [-0.2, 0) is 24.9 Å². The third-order valence-electron chi connectivity index (χ3n) is 3.29. The molecule has 2 aromatic rings. The number of halogens is 1. The first-order chi connectivity index (χ1) is 11.0. The molecule has 2 heterocycles. The lowest BCUT2D eigenvalue weighted by atomic mass is 10.2. The Hall–Kier alpha value is -2.32. The summed E-state index contributed by atoms with van der Waals surface area (Å²) in [5, 5.41) is 17.4. The maximum Gasteiger partial charge on any atom is 0.317 e. The summed E-state index contributed by atoms with van der Waals surface area (Å²) in [5.41, 5.74) is 1.53. The molecular weight excluding hydrogens is 324 g/mol. The Balaban J connectivity index is 1.78. The van der Waals surface area contributed by atoms with Crippen molar-refractivity contribution in [3.63, 3.8) is 0 Å². The van der Waals surface area contributed by atoms with Crippen molar-refractivity contribution in [1.29, 1.82) is 0 Å². The first-order valence-electron chi connectivity index (χ1n) is 6.88. The second-order valence-electron chi connectivity index (χ2n) is 5.23. The first kappa shape index (κ1) is 15.6. The molecule has 9 heteroatoms. The van der Waals surface area contributed by atoms with Crippen LogP contribution < -0.4 is 9.47 Å². The summed E-state index contributed by atoms with van der Waals surface area (Å²) >= 11 is 6.16.